The van der Waals surface area contributed by atoms with Crippen molar-refractivity contribution in [2.45, 2.75) is 20.3 Å². The van der Waals surface area contributed by atoms with Crippen molar-refractivity contribution in [1.29, 1.82) is 0 Å². The van der Waals surface area contributed by atoms with Crippen LogP contribution in [0.5, 0.6) is 0 Å². The van der Waals surface area contributed by atoms with Crippen LogP contribution in [0.1, 0.15) is 25.8 Å². The molecule has 0 atom stereocenters. The first kappa shape index (κ1) is 13.3. The molecule has 0 radical (unpaired) electrons. The van der Waals surface area contributed by atoms with Gasteiger partial charge in [0.1, 0.15) is 5.82 Å². The molecule has 0 saturated carbocycles. The zero-order valence-corrected chi connectivity index (χ0v) is 11.4. The summed E-state index contributed by atoms with van der Waals surface area (Å²) in [6.07, 6.45) is 2.69. The van der Waals surface area contributed by atoms with Gasteiger partial charge in [0.2, 0.25) is 0 Å². The third-order valence-corrected chi connectivity index (χ3v) is 2.68. The average Bonchev–Trinajstić information content (AvgIpc) is 2.45. The highest BCUT2D eigenvalue weighted by molar-refractivity contribution is 6.01. The molecule has 3 heteroatoms. The molecule has 0 aliphatic rings. The SMILES string of the molecule is CC(C)C/C(=N/Nc1ccccn1)c1ccccc1. The van der Waals surface area contributed by atoms with Crippen LogP contribution in [0.3, 0.4) is 0 Å². The van der Waals surface area contributed by atoms with Gasteiger partial charge < -0.3 is 0 Å². The van der Waals surface area contributed by atoms with Crippen LogP contribution < -0.4 is 5.43 Å². The molecule has 3 nitrogen and oxygen atoms in total. The van der Waals surface area contributed by atoms with Gasteiger partial charge in [0.15, 0.2) is 0 Å². The Kier molecular flexibility index (Phi) is 4.67. The van der Waals surface area contributed by atoms with E-state index in [9.17, 15) is 0 Å². The van der Waals surface area contributed by atoms with Gasteiger partial charge in [-0.05, 0) is 30.0 Å². The van der Waals surface area contributed by atoms with Crippen molar-refractivity contribution >= 4 is 11.5 Å². The molecule has 0 saturated heterocycles. The van der Waals surface area contributed by atoms with Gasteiger partial charge >= 0.3 is 0 Å². The third kappa shape index (κ3) is 4.21. The molecule has 0 aliphatic carbocycles. The van der Waals surface area contributed by atoms with Crippen molar-refractivity contribution in [3.8, 4) is 0 Å². The summed E-state index contributed by atoms with van der Waals surface area (Å²) in [7, 11) is 0. The number of nitrogens with zero attached hydrogens (tertiary/aromatic N) is 2. The number of nitrogens with one attached hydrogen (secondary N) is 1. The predicted octanol–water partition coefficient (Wildman–Crippen LogP) is 3.94. The van der Waals surface area contributed by atoms with Crippen LogP contribution in [0, 0.1) is 5.92 Å². The Morgan fingerprint density at radius 1 is 1.11 bits per heavy atom. The van der Waals surface area contributed by atoms with Crippen molar-refractivity contribution in [3.63, 3.8) is 0 Å². The Bertz CT molecular complexity index is 518. The molecule has 0 spiro atoms. The summed E-state index contributed by atoms with van der Waals surface area (Å²) in [6.45, 7) is 4.39. The minimum absolute atomic E-state index is 0.560. The molecule has 0 fully saturated rings. The Balaban J connectivity index is 2.18. The molecular formula is C16H19N3. The van der Waals surface area contributed by atoms with Crippen molar-refractivity contribution < 1.29 is 0 Å². The van der Waals surface area contributed by atoms with Crippen molar-refractivity contribution in [2.75, 3.05) is 5.43 Å². The normalized spacial score (nSPS) is 11.6. The van der Waals surface area contributed by atoms with E-state index in [-0.39, 0.29) is 0 Å². The molecule has 98 valence electrons. The molecule has 0 bridgehead atoms. The summed E-state index contributed by atoms with van der Waals surface area (Å²) < 4.78 is 0. The Morgan fingerprint density at radius 2 is 1.84 bits per heavy atom. The predicted molar refractivity (Wildman–Crippen MR) is 80.3 cm³/mol. The first-order chi connectivity index (χ1) is 9.25. The second kappa shape index (κ2) is 6.69. The standard InChI is InChI=1S/C16H19N3/c1-13(2)12-15(14-8-4-3-5-9-14)18-19-16-10-6-7-11-17-16/h3-11,13H,12H2,1-2H3,(H,17,19)/b18-15-. The average molecular weight is 253 g/mol. The van der Waals surface area contributed by atoms with E-state index >= 15 is 0 Å². The van der Waals surface area contributed by atoms with Crippen LogP contribution in [0.25, 0.3) is 0 Å². The maximum absolute atomic E-state index is 4.51. The molecule has 0 unspecified atom stereocenters. The smallest absolute Gasteiger partial charge is 0.146 e. The number of hydrogen-bond acceptors (Lipinski definition) is 3. The molecule has 2 aromatic rings. The topological polar surface area (TPSA) is 37.3 Å². The van der Waals surface area contributed by atoms with Crippen LogP contribution in [-0.2, 0) is 0 Å². The third-order valence-electron chi connectivity index (χ3n) is 2.68. The minimum atomic E-state index is 0.560. The summed E-state index contributed by atoms with van der Waals surface area (Å²) in [4.78, 5) is 4.21. The van der Waals surface area contributed by atoms with Gasteiger partial charge in [-0.1, -0.05) is 50.2 Å². The Morgan fingerprint density at radius 3 is 2.47 bits per heavy atom. The van der Waals surface area contributed by atoms with Crippen molar-refractivity contribution in [3.05, 3.63) is 60.3 Å². The monoisotopic (exact) mass is 253 g/mol. The van der Waals surface area contributed by atoms with E-state index in [0.717, 1.165) is 23.5 Å². The lowest BCUT2D eigenvalue weighted by molar-refractivity contribution is 0.683. The van der Waals surface area contributed by atoms with Crippen LogP contribution in [0.15, 0.2) is 59.8 Å². The molecule has 1 heterocycles. The van der Waals surface area contributed by atoms with E-state index in [0.29, 0.717) is 5.92 Å². The quantitative estimate of drug-likeness (QED) is 0.647. The van der Waals surface area contributed by atoms with E-state index < -0.39 is 0 Å². The fourth-order valence-electron chi connectivity index (χ4n) is 1.80. The summed E-state index contributed by atoms with van der Waals surface area (Å²) in [5, 5.41) is 4.51. The van der Waals surface area contributed by atoms with E-state index in [1.54, 1.807) is 6.20 Å². The number of hydrogen-bond donors (Lipinski definition) is 1. The first-order valence-corrected chi connectivity index (χ1v) is 6.54. The second-order valence-electron chi connectivity index (χ2n) is 4.85. The summed E-state index contributed by atoms with van der Waals surface area (Å²) in [6, 6.07) is 16.0. The zero-order valence-electron chi connectivity index (χ0n) is 11.4. The number of anilines is 1. The highest BCUT2D eigenvalue weighted by Gasteiger charge is 2.06. The van der Waals surface area contributed by atoms with Crippen LogP contribution in [-0.4, -0.2) is 10.7 Å². The number of hydrazone groups is 1. The molecule has 19 heavy (non-hydrogen) atoms. The fraction of sp³-hybridized carbons (Fsp3) is 0.250. The highest BCUT2D eigenvalue weighted by atomic mass is 15.3. The summed E-state index contributed by atoms with van der Waals surface area (Å²) >= 11 is 0. The largest absolute Gasteiger partial charge is 0.261 e. The maximum Gasteiger partial charge on any atom is 0.146 e. The van der Waals surface area contributed by atoms with Gasteiger partial charge in [-0.3, -0.25) is 5.43 Å². The first-order valence-electron chi connectivity index (χ1n) is 6.54. The van der Waals surface area contributed by atoms with Crippen LogP contribution in [0.4, 0.5) is 5.82 Å². The minimum Gasteiger partial charge on any atom is -0.261 e. The van der Waals surface area contributed by atoms with Gasteiger partial charge in [-0.25, -0.2) is 4.98 Å². The van der Waals surface area contributed by atoms with E-state index in [2.05, 4.69) is 41.5 Å². The van der Waals surface area contributed by atoms with Gasteiger partial charge in [0, 0.05) is 6.20 Å². The second-order valence-corrected chi connectivity index (χ2v) is 4.85. The van der Waals surface area contributed by atoms with Crippen LogP contribution >= 0.6 is 0 Å². The molecule has 2 rings (SSSR count). The van der Waals surface area contributed by atoms with Gasteiger partial charge in [0.05, 0.1) is 5.71 Å². The highest BCUT2D eigenvalue weighted by Crippen LogP contribution is 2.11. The zero-order chi connectivity index (χ0) is 13.5. The number of rotatable bonds is 5. The fourth-order valence-corrected chi connectivity index (χ4v) is 1.80. The lowest BCUT2D eigenvalue weighted by Crippen LogP contribution is -2.08. The van der Waals surface area contributed by atoms with Gasteiger partial charge in [0.25, 0.3) is 0 Å². The lowest BCUT2D eigenvalue weighted by atomic mass is 10.0. The molecule has 0 amide bonds. The molecule has 1 aromatic carbocycles. The van der Waals surface area contributed by atoms with Crippen LogP contribution in [0.2, 0.25) is 0 Å². The number of benzene rings is 1. The van der Waals surface area contributed by atoms with Crippen molar-refractivity contribution in [1.82, 2.24) is 4.98 Å². The molecular weight excluding hydrogens is 234 g/mol. The maximum atomic E-state index is 4.51. The molecule has 1 N–H and O–H groups in total. The summed E-state index contributed by atoms with van der Waals surface area (Å²) in [5.74, 6) is 1.32. The van der Waals surface area contributed by atoms with E-state index in [1.807, 2.05) is 36.4 Å². The van der Waals surface area contributed by atoms with Gasteiger partial charge in [-0.2, -0.15) is 5.10 Å². The van der Waals surface area contributed by atoms with Crippen molar-refractivity contribution in [2.24, 2.45) is 11.0 Å². The van der Waals surface area contributed by atoms with E-state index in [1.165, 1.54) is 0 Å². The summed E-state index contributed by atoms with van der Waals surface area (Å²) in [5.41, 5.74) is 5.23. The number of pyridine rings is 1. The molecule has 0 aliphatic heterocycles. The Hall–Kier alpha value is -2.16. The Labute approximate surface area is 114 Å². The van der Waals surface area contributed by atoms with Gasteiger partial charge in [-0.15, -0.1) is 0 Å². The molecule has 1 aromatic heterocycles. The number of aromatic nitrogens is 1. The lowest BCUT2D eigenvalue weighted by Gasteiger charge is -2.10. The van der Waals surface area contributed by atoms with E-state index in [4.69, 9.17) is 0 Å².